The Hall–Kier alpha value is -3.60. The highest BCUT2D eigenvalue weighted by atomic mass is 32.3. The van der Waals surface area contributed by atoms with Gasteiger partial charge in [-0.3, -0.25) is 4.79 Å². The van der Waals surface area contributed by atoms with Crippen molar-refractivity contribution in [2.75, 3.05) is 0 Å². The van der Waals surface area contributed by atoms with Gasteiger partial charge in [0.25, 0.3) is 0 Å². The molecule has 1 aliphatic rings. The van der Waals surface area contributed by atoms with Crippen LogP contribution in [0.4, 0.5) is 0 Å². The van der Waals surface area contributed by atoms with Gasteiger partial charge >= 0.3 is 10.4 Å². The summed E-state index contributed by atoms with van der Waals surface area (Å²) in [5.74, 6) is -4.89. The number of benzene rings is 2. The van der Waals surface area contributed by atoms with Crippen LogP contribution in [0.2, 0.25) is 0 Å². The van der Waals surface area contributed by atoms with Gasteiger partial charge < -0.3 is 33.2 Å². The molecule has 11 heteroatoms. The topological polar surface area (TPSA) is 164 Å². The second-order valence-electron chi connectivity index (χ2n) is 5.31. The van der Waals surface area contributed by atoms with Crippen molar-refractivity contribution >= 4 is 21.4 Å². The van der Waals surface area contributed by atoms with Crippen LogP contribution in [0.3, 0.4) is 0 Å². The Balaban J connectivity index is 2.19. The summed E-state index contributed by atoms with van der Waals surface area (Å²) in [6.07, 6.45) is 0. The van der Waals surface area contributed by atoms with Crippen LogP contribution in [0, 0.1) is 0 Å². The van der Waals surface area contributed by atoms with E-state index >= 15 is 0 Å². The molecule has 2 aromatic carbocycles. The molecule has 0 atom stereocenters. The molecule has 3 bridgehead atoms. The molecule has 4 rings (SSSR count). The zero-order valence-electron chi connectivity index (χ0n) is 12.5. The largest absolute Gasteiger partial charge is 0.504 e. The van der Waals surface area contributed by atoms with Crippen LogP contribution >= 0.6 is 0 Å². The van der Waals surface area contributed by atoms with Crippen LogP contribution in [0.1, 0.15) is 0 Å². The average Bonchev–Trinajstić information content (AvgIpc) is 2.56. The van der Waals surface area contributed by atoms with Crippen molar-refractivity contribution in [1.29, 1.82) is 0 Å². The Bertz CT molecular complexity index is 1260. The molecule has 0 aliphatic carbocycles. The first kappa shape index (κ1) is 15.9. The van der Waals surface area contributed by atoms with Crippen LogP contribution in [0.5, 0.6) is 34.5 Å². The third-order valence-corrected chi connectivity index (χ3v) is 4.40. The van der Waals surface area contributed by atoms with Crippen molar-refractivity contribution in [3.63, 3.8) is 0 Å². The monoisotopic (exact) mass is 380 g/mol. The highest BCUT2D eigenvalue weighted by Gasteiger charge is 2.33. The molecule has 0 saturated heterocycles. The third-order valence-electron chi connectivity index (χ3n) is 3.66. The normalized spacial score (nSPS) is 14.6. The maximum absolute atomic E-state index is 12.7. The van der Waals surface area contributed by atoms with E-state index in [1.165, 1.54) is 6.07 Å². The fourth-order valence-electron chi connectivity index (χ4n) is 2.52. The molecule has 4 N–H and O–H groups in total. The fraction of sp³-hybridized carbons (Fsp3) is 0. The molecule has 0 fully saturated rings. The molecule has 0 amide bonds. The van der Waals surface area contributed by atoms with Crippen LogP contribution in [-0.2, 0) is 10.4 Å². The molecule has 0 spiro atoms. The van der Waals surface area contributed by atoms with E-state index in [2.05, 4.69) is 8.37 Å². The van der Waals surface area contributed by atoms with Crippen LogP contribution in [0.15, 0.2) is 33.5 Å². The number of phenolic OH excluding ortho intramolecular Hbond substituents is 4. The van der Waals surface area contributed by atoms with Crippen molar-refractivity contribution in [3.8, 4) is 45.8 Å². The van der Waals surface area contributed by atoms with Gasteiger partial charge in [-0.25, -0.2) is 0 Å². The highest BCUT2D eigenvalue weighted by molar-refractivity contribution is 7.82. The van der Waals surface area contributed by atoms with Gasteiger partial charge in [0.15, 0.2) is 28.8 Å². The van der Waals surface area contributed by atoms with Crippen LogP contribution in [0.25, 0.3) is 22.3 Å². The molecule has 26 heavy (non-hydrogen) atoms. The first-order valence-electron chi connectivity index (χ1n) is 6.90. The van der Waals surface area contributed by atoms with E-state index in [1.807, 2.05) is 0 Å². The number of hydrogen-bond donors (Lipinski definition) is 4. The lowest BCUT2D eigenvalue weighted by molar-refractivity contribution is 0.351. The van der Waals surface area contributed by atoms with E-state index in [0.29, 0.717) is 0 Å². The number of rotatable bonds is 1. The van der Waals surface area contributed by atoms with Crippen molar-refractivity contribution in [2.45, 2.75) is 0 Å². The molecule has 3 aromatic rings. The first-order valence-corrected chi connectivity index (χ1v) is 8.23. The van der Waals surface area contributed by atoms with Gasteiger partial charge in [0, 0.05) is 11.6 Å². The van der Waals surface area contributed by atoms with Gasteiger partial charge in [0.1, 0.15) is 11.0 Å². The first-order chi connectivity index (χ1) is 12.2. The van der Waals surface area contributed by atoms with Gasteiger partial charge in [-0.2, -0.15) is 0 Å². The SMILES string of the molecule is O=c1c2c(-c3ccc(O)c(O)c3)oc3cc(O)c(c(O)c13)OS(=O)(=O)O2. The zero-order chi connectivity index (χ0) is 18.8. The number of aromatic hydroxyl groups is 4. The van der Waals surface area contributed by atoms with E-state index in [-0.39, 0.29) is 11.1 Å². The van der Waals surface area contributed by atoms with Gasteiger partial charge in [-0.05, 0) is 18.2 Å². The summed E-state index contributed by atoms with van der Waals surface area (Å²) in [6.45, 7) is 0. The molecule has 0 radical (unpaired) electrons. The van der Waals surface area contributed by atoms with E-state index in [1.54, 1.807) is 0 Å². The molecule has 2 heterocycles. The molecule has 0 saturated carbocycles. The van der Waals surface area contributed by atoms with Crippen LogP contribution < -0.4 is 13.8 Å². The third kappa shape index (κ3) is 2.18. The Kier molecular flexibility index (Phi) is 3.03. The fourth-order valence-corrected chi connectivity index (χ4v) is 3.28. The maximum atomic E-state index is 12.7. The summed E-state index contributed by atoms with van der Waals surface area (Å²) in [6, 6.07) is 4.19. The smallest absolute Gasteiger partial charge is 0.501 e. The average molecular weight is 380 g/mol. The highest BCUT2D eigenvalue weighted by Crippen LogP contribution is 2.46. The molecule has 1 aromatic heterocycles. The quantitative estimate of drug-likeness (QED) is 0.452. The van der Waals surface area contributed by atoms with Crippen molar-refractivity contribution in [3.05, 3.63) is 34.5 Å². The number of hydrogen-bond acceptors (Lipinski definition) is 10. The molecular weight excluding hydrogens is 372 g/mol. The summed E-state index contributed by atoms with van der Waals surface area (Å²) >= 11 is 0. The standard InChI is InChI=1S/C15H8O10S/c16-6-2-1-5(3-7(6)17)13-15-12(20)10-9(23-13)4-8(18)14(11(10)19)24-26(21,22)25-15/h1-4,16-19H. The van der Waals surface area contributed by atoms with E-state index < -0.39 is 61.5 Å². The zero-order valence-corrected chi connectivity index (χ0v) is 13.3. The Morgan fingerprint density at radius 1 is 0.846 bits per heavy atom. The molecule has 134 valence electrons. The van der Waals surface area contributed by atoms with Crippen molar-refractivity contribution < 1.29 is 41.6 Å². The van der Waals surface area contributed by atoms with Gasteiger partial charge in [-0.1, -0.05) is 0 Å². The summed E-state index contributed by atoms with van der Waals surface area (Å²) < 4.78 is 38.5. The van der Waals surface area contributed by atoms with E-state index in [4.69, 9.17) is 4.42 Å². The number of fused-ring (bicyclic) bond motifs is 2. The molecule has 10 nitrogen and oxygen atoms in total. The van der Waals surface area contributed by atoms with E-state index in [9.17, 15) is 33.6 Å². The van der Waals surface area contributed by atoms with Gasteiger partial charge in [0.2, 0.25) is 16.9 Å². The van der Waals surface area contributed by atoms with Gasteiger partial charge in [-0.15, -0.1) is 8.42 Å². The lowest BCUT2D eigenvalue weighted by Crippen LogP contribution is -2.23. The van der Waals surface area contributed by atoms with E-state index in [0.717, 1.165) is 18.2 Å². The predicted molar refractivity (Wildman–Crippen MR) is 84.8 cm³/mol. The molecule has 1 aliphatic heterocycles. The lowest BCUT2D eigenvalue weighted by atomic mass is 10.1. The second kappa shape index (κ2) is 4.95. The minimum Gasteiger partial charge on any atom is -0.504 e. The Morgan fingerprint density at radius 3 is 2.23 bits per heavy atom. The van der Waals surface area contributed by atoms with Crippen molar-refractivity contribution in [2.24, 2.45) is 0 Å². The summed E-state index contributed by atoms with van der Waals surface area (Å²) in [5, 5.41) is 38.5. The number of phenols is 4. The second-order valence-corrected chi connectivity index (χ2v) is 6.46. The minimum absolute atomic E-state index is 0.0203. The molecule has 0 unspecified atom stereocenters. The van der Waals surface area contributed by atoms with Gasteiger partial charge in [0.05, 0.1) is 0 Å². The predicted octanol–water partition coefficient (Wildman–Crippen LogP) is 1.30. The summed E-state index contributed by atoms with van der Waals surface area (Å²) in [5.41, 5.74) is -1.35. The van der Waals surface area contributed by atoms with Crippen molar-refractivity contribution in [1.82, 2.24) is 0 Å². The summed E-state index contributed by atoms with van der Waals surface area (Å²) in [4.78, 5) is 12.7. The minimum atomic E-state index is -4.90. The van der Waals surface area contributed by atoms with Crippen LogP contribution in [-0.4, -0.2) is 28.8 Å². The Labute approximate surface area is 144 Å². The lowest BCUT2D eigenvalue weighted by Gasteiger charge is -2.17. The Morgan fingerprint density at radius 2 is 1.54 bits per heavy atom. The maximum Gasteiger partial charge on any atom is 0.501 e. The molecular formula is C15H8O10S. The summed E-state index contributed by atoms with van der Waals surface area (Å²) in [7, 11) is -4.90.